The van der Waals surface area contributed by atoms with Crippen LogP contribution in [0.3, 0.4) is 0 Å². The Morgan fingerprint density at radius 1 is 1.18 bits per heavy atom. The molecule has 1 aliphatic rings. The van der Waals surface area contributed by atoms with E-state index < -0.39 is 11.4 Å². The predicted octanol–water partition coefficient (Wildman–Crippen LogP) is 2.50. The van der Waals surface area contributed by atoms with E-state index in [-0.39, 0.29) is 5.56 Å². The molecule has 0 bridgehead atoms. The topological polar surface area (TPSA) is 78.7 Å². The first kappa shape index (κ1) is 18.6. The molecule has 0 amide bonds. The van der Waals surface area contributed by atoms with Gasteiger partial charge in [-0.05, 0) is 12.5 Å². The van der Waals surface area contributed by atoms with Crippen LogP contribution in [-0.4, -0.2) is 51.7 Å². The van der Waals surface area contributed by atoms with E-state index >= 15 is 0 Å². The Labute approximate surface area is 166 Å². The molecule has 146 valence electrons. The van der Waals surface area contributed by atoms with Crippen LogP contribution in [0.4, 0.5) is 5.13 Å². The average Bonchev–Trinajstić information content (AvgIpc) is 3.15. The van der Waals surface area contributed by atoms with Crippen LogP contribution in [-0.2, 0) is 13.1 Å². The monoisotopic (exact) mass is 398 g/mol. The van der Waals surface area contributed by atoms with E-state index in [0.717, 1.165) is 37.9 Å². The second-order valence-electron chi connectivity index (χ2n) is 6.86. The van der Waals surface area contributed by atoms with Crippen LogP contribution in [0.25, 0.3) is 10.3 Å². The second-order valence-corrected chi connectivity index (χ2v) is 7.84. The zero-order chi connectivity index (χ0) is 19.7. The van der Waals surface area contributed by atoms with Crippen molar-refractivity contribution in [3.63, 3.8) is 0 Å². The van der Waals surface area contributed by atoms with Crippen LogP contribution in [0.1, 0.15) is 22.8 Å². The maximum Gasteiger partial charge on any atom is 0.341 e. The lowest BCUT2D eigenvalue weighted by Gasteiger charge is -2.34. The molecule has 4 rings (SSSR count). The Balaban J connectivity index is 1.55. The first-order valence-electron chi connectivity index (χ1n) is 9.35. The number of thiazole rings is 1. The van der Waals surface area contributed by atoms with Gasteiger partial charge in [0.2, 0.25) is 5.43 Å². The van der Waals surface area contributed by atoms with E-state index in [0.29, 0.717) is 16.9 Å². The Kier molecular flexibility index (Phi) is 5.15. The number of pyridine rings is 1. The van der Waals surface area contributed by atoms with Gasteiger partial charge in [0.05, 0.1) is 0 Å². The molecule has 3 heterocycles. The van der Waals surface area contributed by atoms with Gasteiger partial charge in [0, 0.05) is 45.5 Å². The molecular formula is C20H22N4O3S. The first-order valence-corrected chi connectivity index (χ1v) is 10.2. The van der Waals surface area contributed by atoms with Crippen molar-refractivity contribution in [2.45, 2.75) is 20.0 Å². The number of nitrogens with zero attached hydrogens (tertiary/aromatic N) is 4. The Morgan fingerprint density at radius 3 is 2.54 bits per heavy atom. The number of carboxylic acid groups (broad SMARTS) is 1. The maximum absolute atomic E-state index is 12.5. The molecular weight excluding hydrogens is 376 g/mol. The summed E-state index contributed by atoms with van der Waals surface area (Å²) in [4.78, 5) is 33.2. The zero-order valence-corrected chi connectivity index (χ0v) is 16.5. The van der Waals surface area contributed by atoms with Crippen LogP contribution < -0.4 is 10.3 Å². The molecule has 2 aromatic heterocycles. The highest BCUT2D eigenvalue weighted by Crippen LogP contribution is 2.28. The molecule has 7 nitrogen and oxygen atoms in total. The maximum atomic E-state index is 12.5. The minimum atomic E-state index is -1.20. The molecule has 0 unspecified atom stereocenters. The van der Waals surface area contributed by atoms with Gasteiger partial charge in [-0.1, -0.05) is 41.7 Å². The van der Waals surface area contributed by atoms with Crippen LogP contribution >= 0.6 is 11.3 Å². The van der Waals surface area contributed by atoms with Crippen molar-refractivity contribution in [2.75, 3.05) is 31.1 Å². The third-order valence-corrected chi connectivity index (χ3v) is 6.17. The third-order valence-electron chi connectivity index (χ3n) is 5.07. The molecule has 1 saturated heterocycles. The van der Waals surface area contributed by atoms with Crippen molar-refractivity contribution in [3.8, 4) is 0 Å². The van der Waals surface area contributed by atoms with E-state index in [1.54, 1.807) is 4.57 Å². The van der Waals surface area contributed by atoms with Gasteiger partial charge in [0.15, 0.2) is 10.8 Å². The van der Waals surface area contributed by atoms with E-state index in [4.69, 9.17) is 0 Å². The normalized spacial score (nSPS) is 15.2. The lowest BCUT2D eigenvalue weighted by molar-refractivity contribution is 0.0695. The number of aryl methyl sites for hydroxylation is 1. The number of rotatable bonds is 5. The molecule has 3 aromatic rings. The number of fused-ring (bicyclic) bond motifs is 1. The lowest BCUT2D eigenvalue weighted by atomic mass is 10.2. The first-order chi connectivity index (χ1) is 13.6. The summed E-state index contributed by atoms with van der Waals surface area (Å²) in [5.41, 5.74) is 1.23. The fourth-order valence-corrected chi connectivity index (χ4v) is 4.59. The van der Waals surface area contributed by atoms with Gasteiger partial charge >= 0.3 is 5.97 Å². The predicted molar refractivity (Wildman–Crippen MR) is 110 cm³/mol. The summed E-state index contributed by atoms with van der Waals surface area (Å²) in [6.45, 7) is 6.91. The van der Waals surface area contributed by atoms with Crippen LogP contribution in [0.15, 0.2) is 41.3 Å². The molecule has 0 aliphatic carbocycles. The Bertz CT molecular complexity index is 1050. The van der Waals surface area contributed by atoms with E-state index in [1.807, 2.05) is 13.0 Å². The highest BCUT2D eigenvalue weighted by Gasteiger charge is 2.23. The number of hydrogen-bond donors (Lipinski definition) is 1. The minimum absolute atomic E-state index is 0.197. The number of aromatic nitrogens is 2. The molecule has 0 radical (unpaired) electrons. The van der Waals surface area contributed by atoms with Gasteiger partial charge in [-0.15, -0.1) is 0 Å². The molecule has 1 N–H and O–H groups in total. The van der Waals surface area contributed by atoms with Gasteiger partial charge in [0.25, 0.3) is 0 Å². The van der Waals surface area contributed by atoms with Crippen molar-refractivity contribution in [1.29, 1.82) is 0 Å². The fraction of sp³-hybridized carbons (Fsp3) is 0.350. The van der Waals surface area contributed by atoms with Gasteiger partial charge in [0.1, 0.15) is 10.3 Å². The molecule has 28 heavy (non-hydrogen) atoms. The average molecular weight is 398 g/mol. The van der Waals surface area contributed by atoms with Crippen molar-refractivity contribution in [2.24, 2.45) is 0 Å². The smallest absolute Gasteiger partial charge is 0.341 e. The quantitative estimate of drug-likeness (QED) is 0.711. The molecule has 0 saturated carbocycles. The highest BCUT2D eigenvalue weighted by atomic mass is 32.1. The zero-order valence-electron chi connectivity index (χ0n) is 15.7. The van der Waals surface area contributed by atoms with Crippen molar-refractivity contribution < 1.29 is 9.90 Å². The number of benzene rings is 1. The number of aromatic carboxylic acids is 1. The number of anilines is 1. The SMILES string of the molecule is CCn1cc(C(=O)O)c(=O)c2sc(N3CCN(Cc4ccccc4)CC3)nc21. The summed E-state index contributed by atoms with van der Waals surface area (Å²) in [5, 5.41) is 10.1. The third kappa shape index (κ3) is 3.53. The lowest BCUT2D eigenvalue weighted by Crippen LogP contribution is -2.45. The summed E-state index contributed by atoms with van der Waals surface area (Å²) in [5.74, 6) is -1.20. The van der Waals surface area contributed by atoms with Crippen molar-refractivity contribution in [1.82, 2.24) is 14.5 Å². The fourth-order valence-electron chi connectivity index (χ4n) is 3.51. The molecule has 1 fully saturated rings. The van der Waals surface area contributed by atoms with Gasteiger partial charge in [-0.2, -0.15) is 0 Å². The van der Waals surface area contributed by atoms with Gasteiger partial charge in [-0.25, -0.2) is 9.78 Å². The van der Waals surface area contributed by atoms with Crippen LogP contribution in [0, 0.1) is 0 Å². The second kappa shape index (κ2) is 7.73. The van der Waals surface area contributed by atoms with Crippen molar-refractivity contribution >= 4 is 32.8 Å². The largest absolute Gasteiger partial charge is 0.477 e. The molecule has 1 aliphatic heterocycles. The van der Waals surface area contributed by atoms with Crippen LogP contribution in [0.2, 0.25) is 0 Å². The number of hydrogen-bond acceptors (Lipinski definition) is 6. The minimum Gasteiger partial charge on any atom is -0.477 e. The van der Waals surface area contributed by atoms with Crippen LogP contribution in [0.5, 0.6) is 0 Å². The summed E-state index contributed by atoms with van der Waals surface area (Å²) in [6, 6.07) is 10.4. The van der Waals surface area contributed by atoms with Gasteiger partial charge in [-0.3, -0.25) is 9.69 Å². The van der Waals surface area contributed by atoms with E-state index in [1.165, 1.54) is 23.1 Å². The molecule has 0 spiro atoms. The number of piperazine rings is 1. The standard InChI is InChI=1S/C20H22N4O3S/c1-2-23-13-15(19(26)27)16(25)17-18(23)21-20(28-17)24-10-8-22(9-11-24)12-14-6-4-3-5-7-14/h3-7,13H,2,8-12H2,1H3,(H,26,27). The Morgan fingerprint density at radius 2 is 1.89 bits per heavy atom. The van der Waals surface area contributed by atoms with Crippen molar-refractivity contribution in [3.05, 3.63) is 57.9 Å². The Hall–Kier alpha value is -2.71. The van der Waals surface area contributed by atoms with E-state index in [2.05, 4.69) is 39.0 Å². The highest BCUT2D eigenvalue weighted by molar-refractivity contribution is 7.22. The van der Waals surface area contributed by atoms with E-state index in [9.17, 15) is 14.7 Å². The molecule has 8 heteroatoms. The summed E-state index contributed by atoms with van der Waals surface area (Å²) in [7, 11) is 0. The number of carboxylic acids is 1. The molecule has 0 atom stereocenters. The summed E-state index contributed by atoms with van der Waals surface area (Å²) in [6.07, 6.45) is 1.40. The summed E-state index contributed by atoms with van der Waals surface area (Å²) < 4.78 is 2.16. The summed E-state index contributed by atoms with van der Waals surface area (Å²) >= 11 is 1.30. The molecule has 1 aromatic carbocycles. The van der Waals surface area contributed by atoms with Gasteiger partial charge < -0.3 is 14.6 Å². The number of carbonyl (C=O) groups is 1.